The van der Waals surface area contributed by atoms with Crippen LogP contribution in [0.2, 0.25) is 5.04 Å². The lowest BCUT2D eigenvalue weighted by atomic mass is 9.79. The Bertz CT molecular complexity index is 2290. The summed E-state index contributed by atoms with van der Waals surface area (Å²) in [5, 5.41) is 2.28. The number of aromatic nitrogens is 2. The predicted molar refractivity (Wildman–Crippen MR) is 245 cm³/mol. The van der Waals surface area contributed by atoms with Gasteiger partial charge < -0.3 is 32.2 Å². The van der Waals surface area contributed by atoms with Crippen LogP contribution in [0.3, 0.4) is 0 Å². The number of hydrogen-bond acceptors (Lipinski definition) is 10. The average Bonchev–Trinajstić information content (AvgIpc) is 3.90. The van der Waals surface area contributed by atoms with Crippen LogP contribution >= 0.6 is 0 Å². The third kappa shape index (κ3) is 10.1. The van der Waals surface area contributed by atoms with Crippen molar-refractivity contribution in [1.29, 1.82) is 0 Å². The molecule has 3 saturated heterocycles. The summed E-state index contributed by atoms with van der Waals surface area (Å²) in [5.74, 6) is 6.12. The number of fused-ring (bicyclic) bond motifs is 9. The number of hydrogen-bond donors (Lipinski definition) is 0. The van der Waals surface area contributed by atoms with Gasteiger partial charge in [0.2, 0.25) is 5.89 Å². The molecule has 0 spiro atoms. The number of oxazole rings is 2. The molecule has 8 bridgehead atoms. The van der Waals surface area contributed by atoms with E-state index < -0.39 is 20.4 Å². The largest absolute Gasteiger partial charge is 0.452 e. The molecule has 0 N–H and O–H groups in total. The van der Waals surface area contributed by atoms with E-state index >= 15 is 0 Å². The highest BCUT2D eigenvalue weighted by atomic mass is 28.4. The number of ether oxygens (including phenoxy) is 4. The summed E-state index contributed by atoms with van der Waals surface area (Å²) in [4.78, 5) is 22.9. The Balaban J connectivity index is 1.12. The maximum atomic E-state index is 13.5. The molecule has 4 aliphatic rings. The van der Waals surface area contributed by atoms with Crippen molar-refractivity contribution in [1.82, 2.24) is 9.97 Å². The molecule has 0 amide bonds. The SMILES string of the molecule is C=C1C[C@@H]2C[C@@H]3C[C@H](O[Si](c4ccccc4)(c4ccccc4)C(C)(C)C)C[C@@H](O3)c3coc(n3)/C=C/C[C@H]3O[C@@H](/C(C)=C/c4coc(C)n4)[C@H](C)[C@@H](OC(=O)C#CC[C@@H](C1)O2)[C@@H]3C. The summed E-state index contributed by atoms with van der Waals surface area (Å²) in [6.07, 6.45) is 11.4. The minimum absolute atomic E-state index is 0.131. The molecule has 8 rings (SSSR count). The van der Waals surface area contributed by atoms with Crippen LogP contribution in [0.15, 0.2) is 106 Å². The van der Waals surface area contributed by atoms with Crippen molar-refractivity contribution < 1.29 is 37.0 Å². The normalized spacial score (nSPS) is 30.3. The number of benzene rings is 2. The molecule has 10 nitrogen and oxygen atoms in total. The highest BCUT2D eigenvalue weighted by molar-refractivity contribution is 6.99. The van der Waals surface area contributed by atoms with Crippen molar-refractivity contribution in [3.63, 3.8) is 0 Å². The Hall–Kier alpha value is -4.83. The molecule has 0 unspecified atom stereocenters. The maximum absolute atomic E-state index is 13.5. The molecule has 4 aliphatic heterocycles. The average molecular weight is 871 g/mol. The number of carbonyl (C=O) groups is 1. The van der Waals surface area contributed by atoms with Crippen molar-refractivity contribution in [3.8, 4) is 11.8 Å². The predicted octanol–water partition coefficient (Wildman–Crippen LogP) is 9.50. The number of carbonyl (C=O) groups excluding carboxylic acids is 1. The number of aryl methyl sites for hydroxylation is 1. The quantitative estimate of drug-likeness (QED) is 0.0610. The minimum Gasteiger partial charge on any atom is -0.452 e. The van der Waals surface area contributed by atoms with E-state index in [-0.39, 0.29) is 59.6 Å². The Morgan fingerprint density at radius 2 is 1.59 bits per heavy atom. The standard InChI is InChI=1S/C52H62N2O8Si/c1-33-25-39-17-15-24-49(55)61-51-35(3)46(60-50(36(51)4)34(2)27-38-31-56-37(5)53-38)22-16-23-48-54-45(32-57-48)47-30-42(29-41(59-47)28-40(26-33)58-39)62-63(52(6,7)8,43-18-11-9-12-19-43)44-20-13-10-14-21-44/h9-14,16,18-21,23,27,31-32,35-36,39-42,46-47,50-51H,1,17,22,25-26,28-30H2,2-8H3/b23-16+,34-27+/t35-,36+,39+,40-,41-,42+,46-,47-,50+,51+/m1/s1. The van der Waals surface area contributed by atoms with Crippen molar-refractivity contribution in [2.45, 2.75) is 147 Å². The van der Waals surface area contributed by atoms with Crippen LogP contribution in [-0.2, 0) is 28.2 Å². The smallest absolute Gasteiger partial charge is 0.384 e. The zero-order chi connectivity index (χ0) is 44.3. The van der Waals surface area contributed by atoms with Gasteiger partial charge in [0.15, 0.2) is 5.89 Å². The summed E-state index contributed by atoms with van der Waals surface area (Å²) in [6, 6.07) is 21.6. The second kappa shape index (κ2) is 19.1. The molecule has 2 aromatic heterocycles. The molecule has 2 aromatic carbocycles. The van der Waals surface area contributed by atoms with Crippen LogP contribution in [0.5, 0.6) is 0 Å². The van der Waals surface area contributed by atoms with Crippen molar-refractivity contribution in [2.75, 3.05) is 0 Å². The fraction of sp³-hybridized carbons (Fsp3) is 0.481. The lowest BCUT2D eigenvalue weighted by Gasteiger charge is -2.47. The molecule has 332 valence electrons. The monoisotopic (exact) mass is 870 g/mol. The van der Waals surface area contributed by atoms with Gasteiger partial charge in [-0.25, -0.2) is 14.8 Å². The van der Waals surface area contributed by atoms with Gasteiger partial charge in [0.25, 0.3) is 8.32 Å². The fourth-order valence-electron chi connectivity index (χ4n) is 10.3. The van der Waals surface area contributed by atoms with Crippen LogP contribution in [-0.4, -0.2) is 67.0 Å². The molecule has 63 heavy (non-hydrogen) atoms. The first-order valence-corrected chi connectivity index (χ1v) is 24.5. The van der Waals surface area contributed by atoms with Crippen molar-refractivity contribution >= 4 is 36.8 Å². The molecular formula is C52H62N2O8Si. The summed E-state index contributed by atoms with van der Waals surface area (Å²) in [5.41, 5.74) is 3.50. The van der Waals surface area contributed by atoms with E-state index in [1.54, 1.807) is 12.5 Å². The maximum Gasteiger partial charge on any atom is 0.384 e. The van der Waals surface area contributed by atoms with Gasteiger partial charge in [0.1, 0.15) is 36.1 Å². The van der Waals surface area contributed by atoms with E-state index in [2.05, 4.69) is 119 Å². The summed E-state index contributed by atoms with van der Waals surface area (Å²) in [7, 11) is -2.89. The first-order valence-electron chi connectivity index (χ1n) is 22.6. The topological polar surface area (TPSA) is 115 Å². The van der Waals surface area contributed by atoms with Crippen LogP contribution in [0.1, 0.15) is 116 Å². The molecule has 3 fully saturated rings. The van der Waals surface area contributed by atoms with E-state index in [0.717, 1.165) is 23.3 Å². The van der Waals surface area contributed by atoms with Gasteiger partial charge >= 0.3 is 5.97 Å². The van der Waals surface area contributed by atoms with E-state index in [4.69, 9.17) is 37.2 Å². The Kier molecular flexibility index (Phi) is 13.6. The third-order valence-corrected chi connectivity index (χ3v) is 18.3. The fourth-order valence-corrected chi connectivity index (χ4v) is 15.0. The Morgan fingerprint density at radius 3 is 2.27 bits per heavy atom. The molecule has 0 radical (unpaired) electrons. The number of nitrogens with zero attached hydrogens (tertiary/aromatic N) is 2. The molecule has 10 atom stereocenters. The van der Waals surface area contributed by atoms with E-state index in [1.807, 2.05) is 32.1 Å². The van der Waals surface area contributed by atoms with Crippen LogP contribution in [0.4, 0.5) is 0 Å². The molecule has 0 saturated carbocycles. The molecule has 0 aliphatic carbocycles. The summed E-state index contributed by atoms with van der Waals surface area (Å²) >= 11 is 0. The zero-order valence-corrected chi connectivity index (χ0v) is 38.8. The third-order valence-electron chi connectivity index (χ3n) is 13.2. The summed E-state index contributed by atoms with van der Waals surface area (Å²) in [6.45, 7) is 19.3. The minimum atomic E-state index is -2.89. The first kappa shape index (κ1) is 44.8. The van der Waals surface area contributed by atoms with E-state index in [1.165, 1.54) is 10.4 Å². The molecular weight excluding hydrogens is 809 g/mol. The molecule has 6 heterocycles. The second-order valence-corrected chi connectivity index (χ2v) is 23.3. The van der Waals surface area contributed by atoms with Gasteiger partial charge in [-0.05, 0) is 65.7 Å². The van der Waals surface area contributed by atoms with Gasteiger partial charge in [0, 0.05) is 43.9 Å². The van der Waals surface area contributed by atoms with Crippen molar-refractivity contribution in [2.24, 2.45) is 11.8 Å². The molecule has 4 aromatic rings. The lowest BCUT2D eigenvalue weighted by molar-refractivity contribution is -0.179. The highest BCUT2D eigenvalue weighted by Crippen LogP contribution is 2.43. The van der Waals surface area contributed by atoms with E-state index in [9.17, 15) is 4.79 Å². The number of rotatable bonds is 6. The van der Waals surface area contributed by atoms with Gasteiger partial charge in [-0.2, -0.15) is 0 Å². The van der Waals surface area contributed by atoms with Gasteiger partial charge in [-0.1, -0.05) is 119 Å². The highest BCUT2D eigenvalue weighted by Gasteiger charge is 2.53. The van der Waals surface area contributed by atoms with Crippen LogP contribution < -0.4 is 10.4 Å². The second-order valence-electron chi connectivity index (χ2n) is 19.0. The Morgan fingerprint density at radius 1 is 0.873 bits per heavy atom. The summed E-state index contributed by atoms with van der Waals surface area (Å²) < 4.78 is 46.1. The number of esters is 1. The first-order chi connectivity index (χ1) is 30.3. The van der Waals surface area contributed by atoms with Gasteiger partial charge in [-0.3, -0.25) is 0 Å². The zero-order valence-electron chi connectivity index (χ0n) is 37.8. The molecule has 11 heteroatoms. The van der Waals surface area contributed by atoms with Crippen LogP contribution in [0.25, 0.3) is 12.2 Å². The van der Waals surface area contributed by atoms with E-state index in [0.29, 0.717) is 56.0 Å². The van der Waals surface area contributed by atoms with Gasteiger partial charge in [0.05, 0.1) is 36.6 Å². The lowest BCUT2D eigenvalue weighted by Crippen LogP contribution is -2.68. The Labute approximate surface area is 373 Å². The van der Waals surface area contributed by atoms with Gasteiger partial charge in [-0.15, -0.1) is 0 Å². The van der Waals surface area contributed by atoms with Crippen LogP contribution in [0, 0.1) is 30.6 Å². The van der Waals surface area contributed by atoms with Crippen molar-refractivity contribution in [3.05, 3.63) is 120 Å².